The smallest absolute Gasteiger partial charge is 0.271 e. The van der Waals surface area contributed by atoms with Gasteiger partial charge in [-0.25, -0.2) is 0 Å². The fraction of sp³-hybridized carbons (Fsp3) is 0. The first-order valence-corrected chi connectivity index (χ1v) is 7.35. The van der Waals surface area contributed by atoms with Gasteiger partial charge in [-0.15, -0.1) is 0 Å². The number of amides is 1. The van der Waals surface area contributed by atoms with Crippen molar-refractivity contribution in [2.45, 2.75) is 0 Å². The van der Waals surface area contributed by atoms with E-state index in [1.54, 1.807) is 18.2 Å². The number of nitrogens with one attached hydrogen (secondary N) is 1. The third kappa shape index (κ3) is 3.47. The molecule has 0 saturated heterocycles. The van der Waals surface area contributed by atoms with Gasteiger partial charge in [0.25, 0.3) is 11.6 Å². The second kappa shape index (κ2) is 6.75. The van der Waals surface area contributed by atoms with Gasteiger partial charge < -0.3 is 5.32 Å². The van der Waals surface area contributed by atoms with E-state index in [1.807, 2.05) is 42.5 Å². The van der Waals surface area contributed by atoms with Crippen molar-refractivity contribution in [3.05, 3.63) is 94.5 Å². The maximum atomic E-state index is 12.4. The van der Waals surface area contributed by atoms with Gasteiger partial charge in [0.05, 0.1) is 4.92 Å². The lowest BCUT2D eigenvalue weighted by Crippen LogP contribution is -2.12. The Balaban J connectivity index is 1.83. The highest BCUT2D eigenvalue weighted by Gasteiger charge is 2.10. The highest BCUT2D eigenvalue weighted by molar-refractivity contribution is 6.05. The number of non-ortho nitro benzene ring substituents is 1. The molecule has 5 nitrogen and oxygen atoms in total. The van der Waals surface area contributed by atoms with E-state index in [0.29, 0.717) is 11.3 Å². The van der Waals surface area contributed by atoms with Crippen LogP contribution in [0.1, 0.15) is 10.4 Å². The fourth-order valence-corrected chi connectivity index (χ4v) is 2.37. The van der Waals surface area contributed by atoms with Crippen LogP contribution in [-0.2, 0) is 0 Å². The molecule has 1 N–H and O–H groups in total. The standard InChI is InChI=1S/C19H14N2O3/c22-19(20-17-10-5-11-18(13-17)21(23)24)16-9-4-8-15(12-16)14-6-2-1-3-7-14/h1-13H,(H,20,22). The number of nitrogens with zero attached hydrogens (tertiary/aromatic N) is 1. The molecule has 1 amide bonds. The molecule has 0 radical (unpaired) electrons. The predicted octanol–water partition coefficient (Wildman–Crippen LogP) is 4.51. The Morgan fingerprint density at radius 3 is 2.29 bits per heavy atom. The fourth-order valence-electron chi connectivity index (χ4n) is 2.37. The van der Waals surface area contributed by atoms with Crippen LogP contribution in [0.5, 0.6) is 0 Å². The summed E-state index contributed by atoms with van der Waals surface area (Å²) in [6.45, 7) is 0. The SMILES string of the molecule is O=C(Nc1cccc([N+](=O)[O-])c1)c1cccc(-c2ccccc2)c1. The average molecular weight is 318 g/mol. The Labute approximate surface area is 138 Å². The van der Waals surface area contributed by atoms with Gasteiger partial charge >= 0.3 is 0 Å². The molecule has 0 aromatic heterocycles. The van der Waals surface area contributed by atoms with Gasteiger partial charge in [0, 0.05) is 23.4 Å². The monoisotopic (exact) mass is 318 g/mol. The van der Waals surface area contributed by atoms with Crippen molar-refractivity contribution in [2.75, 3.05) is 5.32 Å². The number of carbonyl (C=O) groups excluding carboxylic acids is 1. The average Bonchev–Trinajstić information content (AvgIpc) is 2.63. The van der Waals surface area contributed by atoms with Crippen LogP contribution < -0.4 is 5.32 Å². The van der Waals surface area contributed by atoms with Gasteiger partial charge in [0.1, 0.15) is 0 Å². The first-order chi connectivity index (χ1) is 11.6. The number of benzene rings is 3. The minimum atomic E-state index is -0.494. The van der Waals surface area contributed by atoms with E-state index in [1.165, 1.54) is 18.2 Å². The Morgan fingerprint density at radius 1 is 0.833 bits per heavy atom. The Morgan fingerprint density at radius 2 is 1.54 bits per heavy atom. The molecule has 0 aliphatic carbocycles. The van der Waals surface area contributed by atoms with E-state index in [2.05, 4.69) is 5.32 Å². The molecule has 0 heterocycles. The molecule has 0 saturated carbocycles. The lowest BCUT2D eigenvalue weighted by Gasteiger charge is -2.07. The molecule has 0 fully saturated rings. The molecular weight excluding hydrogens is 304 g/mol. The molecule has 3 aromatic carbocycles. The molecule has 0 atom stereocenters. The van der Waals surface area contributed by atoms with E-state index in [9.17, 15) is 14.9 Å². The molecule has 5 heteroatoms. The summed E-state index contributed by atoms with van der Waals surface area (Å²) in [6.07, 6.45) is 0. The zero-order valence-corrected chi connectivity index (χ0v) is 12.7. The summed E-state index contributed by atoms with van der Waals surface area (Å²) < 4.78 is 0. The molecule has 0 spiro atoms. The second-order valence-electron chi connectivity index (χ2n) is 5.21. The minimum Gasteiger partial charge on any atom is -0.322 e. The summed E-state index contributed by atoms with van der Waals surface area (Å²) in [4.78, 5) is 22.7. The van der Waals surface area contributed by atoms with Gasteiger partial charge in [-0.05, 0) is 29.3 Å². The minimum absolute atomic E-state index is 0.0640. The molecule has 3 aromatic rings. The first kappa shape index (κ1) is 15.4. The van der Waals surface area contributed by atoms with Crippen LogP contribution in [0.15, 0.2) is 78.9 Å². The molecular formula is C19H14N2O3. The number of nitro groups is 1. The van der Waals surface area contributed by atoms with E-state index < -0.39 is 4.92 Å². The van der Waals surface area contributed by atoms with Crippen molar-refractivity contribution >= 4 is 17.3 Å². The van der Waals surface area contributed by atoms with Crippen molar-refractivity contribution in [2.24, 2.45) is 0 Å². The third-order valence-corrected chi connectivity index (χ3v) is 3.55. The zero-order valence-electron chi connectivity index (χ0n) is 12.7. The Hall–Kier alpha value is -3.47. The summed E-state index contributed by atoms with van der Waals surface area (Å²) in [5, 5.41) is 13.5. The molecule has 0 aliphatic rings. The number of nitro benzene ring substituents is 1. The van der Waals surface area contributed by atoms with Crippen LogP contribution in [0.25, 0.3) is 11.1 Å². The number of hydrogen-bond acceptors (Lipinski definition) is 3. The largest absolute Gasteiger partial charge is 0.322 e. The van der Waals surface area contributed by atoms with Crippen LogP contribution in [0, 0.1) is 10.1 Å². The number of carbonyl (C=O) groups is 1. The molecule has 0 bridgehead atoms. The Kier molecular flexibility index (Phi) is 4.34. The van der Waals surface area contributed by atoms with Gasteiger partial charge in [-0.2, -0.15) is 0 Å². The summed E-state index contributed by atoms with van der Waals surface area (Å²) in [5.41, 5.74) is 2.76. The summed E-state index contributed by atoms with van der Waals surface area (Å²) in [6, 6.07) is 22.9. The van der Waals surface area contributed by atoms with Crippen LogP contribution in [-0.4, -0.2) is 10.8 Å². The second-order valence-corrected chi connectivity index (χ2v) is 5.21. The van der Waals surface area contributed by atoms with Crippen LogP contribution in [0.2, 0.25) is 0 Å². The third-order valence-electron chi connectivity index (χ3n) is 3.55. The number of rotatable bonds is 4. The zero-order chi connectivity index (χ0) is 16.9. The van der Waals surface area contributed by atoms with Gasteiger partial charge in [0.15, 0.2) is 0 Å². The van der Waals surface area contributed by atoms with Crippen molar-refractivity contribution in [1.29, 1.82) is 0 Å². The quantitative estimate of drug-likeness (QED) is 0.568. The molecule has 118 valence electrons. The summed E-state index contributed by atoms with van der Waals surface area (Å²) in [5.74, 6) is -0.312. The maximum Gasteiger partial charge on any atom is 0.271 e. The van der Waals surface area contributed by atoms with E-state index >= 15 is 0 Å². The number of hydrogen-bond donors (Lipinski definition) is 1. The molecule has 0 aliphatic heterocycles. The maximum absolute atomic E-state index is 12.4. The van der Waals surface area contributed by atoms with Crippen molar-refractivity contribution < 1.29 is 9.72 Å². The highest BCUT2D eigenvalue weighted by atomic mass is 16.6. The first-order valence-electron chi connectivity index (χ1n) is 7.35. The number of anilines is 1. The van der Waals surface area contributed by atoms with E-state index in [-0.39, 0.29) is 11.6 Å². The molecule has 0 unspecified atom stereocenters. The normalized spacial score (nSPS) is 10.2. The lowest BCUT2D eigenvalue weighted by molar-refractivity contribution is -0.384. The van der Waals surface area contributed by atoms with Gasteiger partial charge in [-0.1, -0.05) is 48.5 Å². The predicted molar refractivity (Wildman–Crippen MR) is 92.9 cm³/mol. The molecule has 24 heavy (non-hydrogen) atoms. The summed E-state index contributed by atoms with van der Waals surface area (Å²) in [7, 11) is 0. The van der Waals surface area contributed by atoms with Gasteiger partial charge in [-0.3, -0.25) is 14.9 Å². The van der Waals surface area contributed by atoms with Crippen molar-refractivity contribution in [3.8, 4) is 11.1 Å². The summed E-state index contributed by atoms with van der Waals surface area (Å²) >= 11 is 0. The Bertz CT molecular complexity index is 892. The lowest BCUT2D eigenvalue weighted by atomic mass is 10.0. The van der Waals surface area contributed by atoms with Crippen LogP contribution >= 0.6 is 0 Å². The van der Waals surface area contributed by atoms with Crippen molar-refractivity contribution in [3.63, 3.8) is 0 Å². The molecule has 3 rings (SSSR count). The van der Waals surface area contributed by atoms with Crippen LogP contribution in [0.3, 0.4) is 0 Å². The van der Waals surface area contributed by atoms with Crippen molar-refractivity contribution in [1.82, 2.24) is 0 Å². The van der Waals surface area contributed by atoms with E-state index in [0.717, 1.165) is 11.1 Å². The van der Waals surface area contributed by atoms with Crippen LogP contribution in [0.4, 0.5) is 11.4 Å². The topological polar surface area (TPSA) is 72.2 Å². The van der Waals surface area contributed by atoms with Gasteiger partial charge in [0.2, 0.25) is 0 Å². The van der Waals surface area contributed by atoms with E-state index in [4.69, 9.17) is 0 Å². The highest BCUT2D eigenvalue weighted by Crippen LogP contribution is 2.21.